The molecule has 20 heavy (non-hydrogen) atoms. The standard InChI is InChI=1S/C16H15FN2O/c17-9-1-2-10-11-6-15(20)19-7-8-3-12(14(19)4-8)16(11)18-13(10)5-9/h1-2,5,8,12,14,18H,3-4,6-7H2/t8-,12+,14-/m0/s1. The summed E-state index contributed by atoms with van der Waals surface area (Å²) in [6, 6.07) is 5.20. The third-order valence-electron chi connectivity index (χ3n) is 5.40. The molecular formula is C16H15FN2O. The summed E-state index contributed by atoms with van der Waals surface area (Å²) in [7, 11) is 0. The summed E-state index contributed by atoms with van der Waals surface area (Å²) < 4.78 is 13.4. The number of hydrogen-bond donors (Lipinski definition) is 1. The molecule has 3 aliphatic rings. The lowest BCUT2D eigenvalue weighted by Crippen LogP contribution is -2.40. The van der Waals surface area contributed by atoms with E-state index in [9.17, 15) is 9.18 Å². The predicted molar refractivity (Wildman–Crippen MR) is 72.9 cm³/mol. The molecule has 3 heterocycles. The Balaban J connectivity index is 1.77. The Morgan fingerprint density at radius 1 is 1.30 bits per heavy atom. The van der Waals surface area contributed by atoms with Gasteiger partial charge in [0.2, 0.25) is 5.91 Å². The van der Waals surface area contributed by atoms with E-state index in [0.29, 0.717) is 24.3 Å². The number of halogens is 1. The second-order valence-corrected chi connectivity index (χ2v) is 6.44. The van der Waals surface area contributed by atoms with E-state index >= 15 is 0 Å². The van der Waals surface area contributed by atoms with Crippen LogP contribution < -0.4 is 0 Å². The number of nitrogens with zero attached hydrogens (tertiary/aromatic N) is 1. The first-order valence-electron chi connectivity index (χ1n) is 7.30. The quantitative estimate of drug-likeness (QED) is 0.784. The van der Waals surface area contributed by atoms with Gasteiger partial charge in [0.25, 0.3) is 0 Å². The molecule has 102 valence electrons. The second kappa shape index (κ2) is 3.43. The number of H-pyrrole nitrogens is 1. The Morgan fingerprint density at radius 3 is 3.05 bits per heavy atom. The van der Waals surface area contributed by atoms with Crippen molar-refractivity contribution in [2.75, 3.05) is 6.54 Å². The monoisotopic (exact) mass is 270 g/mol. The largest absolute Gasteiger partial charge is 0.358 e. The molecular weight excluding hydrogens is 255 g/mol. The molecule has 1 aromatic heterocycles. The summed E-state index contributed by atoms with van der Waals surface area (Å²) in [6.07, 6.45) is 2.76. The molecule has 1 N–H and O–H groups in total. The Kier molecular flexibility index (Phi) is 1.87. The SMILES string of the molecule is O=C1Cc2c([nH]c3cc(F)ccc23)[C@@H]2C[C@H]3C[C@@H]2N1C3. The van der Waals surface area contributed by atoms with Crippen LogP contribution in [0.2, 0.25) is 0 Å². The number of aromatic nitrogens is 1. The minimum absolute atomic E-state index is 0.227. The zero-order valence-corrected chi connectivity index (χ0v) is 11.0. The van der Waals surface area contributed by atoms with Crippen molar-refractivity contribution in [1.82, 2.24) is 9.88 Å². The van der Waals surface area contributed by atoms with Gasteiger partial charge in [-0.3, -0.25) is 4.79 Å². The van der Waals surface area contributed by atoms with Crippen molar-refractivity contribution in [2.24, 2.45) is 5.92 Å². The van der Waals surface area contributed by atoms with E-state index in [2.05, 4.69) is 9.88 Å². The summed E-state index contributed by atoms with van der Waals surface area (Å²) >= 11 is 0. The van der Waals surface area contributed by atoms with Crippen molar-refractivity contribution in [1.29, 1.82) is 0 Å². The van der Waals surface area contributed by atoms with Gasteiger partial charge in [-0.1, -0.05) is 0 Å². The number of aromatic amines is 1. The van der Waals surface area contributed by atoms with Gasteiger partial charge in [-0.15, -0.1) is 0 Å². The average Bonchev–Trinajstić information content (AvgIpc) is 3.09. The van der Waals surface area contributed by atoms with E-state index in [1.165, 1.54) is 11.8 Å². The lowest BCUT2D eigenvalue weighted by atomic mass is 9.93. The number of rotatable bonds is 0. The molecule has 2 aromatic rings. The zero-order chi connectivity index (χ0) is 13.4. The molecule has 2 aliphatic heterocycles. The van der Waals surface area contributed by atoms with E-state index in [1.54, 1.807) is 6.07 Å². The van der Waals surface area contributed by atoms with Crippen LogP contribution >= 0.6 is 0 Å². The normalized spacial score (nSPS) is 30.9. The highest BCUT2D eigenvalue weighted by Gasteiger charge is 2.50. The van der Waals surface area contributed by atoms with Crippen molar-refractivity contribution in [3.63, 3.8) is 0 Å². The van der Waals surface area contributed by atoms with Crippen LogP contribution in [0.4, 0.5) is 4.39 Å². The summed E-state index contributed by atoms with van der Waals surface area (Å²) in [5, 5.41) is 1.01. The van der Waals surface area contributed by atoms with Crippen molar-refractivity contribution in [3.8, 4) is 0 Å². The van der Waals surface area contributed by atoms with E-state index in [-0.39, 0.29) is 11.7 Å². The van der Waals surface area contributed by atoms with E-state index in [0.717, 1.165) is 35.9 Å². The first-order chi connectivity index (χ1) is 9.70. The zero-order valence-electron chi connectivity index (χ0n) is 11.0. The van der Waals surface area contributed by atoms with Crippen molar-refractivity contribution >= 4 is 16.8 Å². The highest BCUT2D eigenvalue weighted by Crippen LogP contribution is 2.50. The average molecular weight is 270 g/mol. The molecule has 1 aromatic carbocycles. The molecule has 3 atom stereocenters. The van der Waals surface area contributed by atoms with Gasteiger partial charge in [0.15, 0.2) is 0 Å². The summed E-state index contributed by atoms with van der Waals surface area (Å²) in [6.45, 7) is 0.941. The van der Waals surface area contributed by atoms with Gasteiger partial charge in [0.1, 0.15) is 5.82 Å². The minimum Gasteiger partial charge on any atom is -0.358 e. The lowest BCUT2D eigenvalue weighted by molar-refractivity contribution is -0.132. The van der Waals surface area contributed by atoms with Crippen molar-refractivity contribution in [2.45, 2.75) is 31.2 Å². The van der Waals surface area contributed by atoms with Crippen LogP contribution in [0.5, 0.6) is 0 Å². The molecule has 1 saturated heterocycles. The van der Waals surface area contributed by atoms with E-state index in [4.69, 9.17) is 0 Å². The topological polar surface area (TPSA) is 36.1 Å². The Hall–Kier alpha value is -1.84. The fraction of sp³-hybridized carbons (Fsp3) is 0.438. The smallest absolute Gasteiger partial charge is 0.227 e. The number of carbonyl (C=O) groups is 1. The molecule has 1 saturated carbocycles. The number of hydrogen-bond acceptors (Lipinski definition) is 1. The molecule has 0 unspecified atom stereocenters. The van der Waals surface area contributed by atoms with E-state index < -0.39 is 0 Å². The van der Waals surface area contributed by atoms with Crippen LogP contribution in [0.15, 0.2) is 18.2 Å². The molecule has 2 fully saturated rings. The first kappa shape index (κ1) is 10.9. The number of piperidine rings is 1. The van der Waals surface area contributed by atoms with Crippen LogP contribution in [0.3, 0.4) is 0 Å². The highest BCUT2D eigenvalue weighted by atomic mass is 19.1. The van der Waals surface area contributed by atoms with Crippen LogP contribution in [-0.4, -0.2) is 28.4 Å². The molecule has 0 spiro atoms. The Labute approximate surface area is 115 Å². The van der Waals surface area contributed by atoms with Gasteiger partial charge in [-0.25, -0.2) is 4.39 Å². The van der Waals surface area contributed by atoms with Gasteiger partial charge >= 0.3 is 0 Å². The molecule has 2 bridgehead atoms. The number of amides is 1. The Bertz CT molecular complexity index is 750. The minimum atomic E-state index is -0.227. The number of carbonyl (C=O) groups excluding carboxylic acids is 1. The second-order valence-electron chi connectivity index (χ2n) is 6.44. The van der Waals surface area contributed by atoms with Crippen molar-refractivity contribution in [3.05, 3.63) is 35.3 Å². The third-order valence-corrected chi connectivity index (χ3v) is 5.40. The molecule has 1 amide bonds. The predicted octanol–water partition coefficient (Wildman–Crippen LogP) is 2.57. The van der Waals surface area contributed by atoms with Gasteiger partial charge in [0, 0.05) is 35.1 Å². The Morgan fingerprint density at radius 2 is 2.20 bits per heavy atom. The van der Waals surface area contributed by atoms with Crippen LogP contribution in [0.1, 0.15) is 30.0 Å². The van der Waals surface area contributed by atoms with Gasteiger partial charge in [0.05, 0.1) is 6.42 Å². The molecule has 3 nitrogen and oxygen atoms in total. The molecule has 1 aliphatic carbocycles. The van der Waals surface area contributed by atoms with Crippen LogP contribution in [0.25, 0.3) is 10.9 Å². The highest BCUT2D eigenvalue weighted by molar-refractivity contribution is 5.91. The maximum Gasteiger partial charge on any atom is 0.227 e. The van der Waals surface area contributed by atoms with Gasteiger partial charge in [-0.2, -0.15) is 0 Å². The first-order valence-corrected chi connectivity index (χ1v) is 7.30. The van der Waals surface area contributed by atoms with Crippen LogP contribution in [0, 0.1) is 11.7 Å². The number of fused-ring (bicyclic) bond motifs is 5. The summed E-state index contributed by atoms with van der Waals surface area (Å²) in [5.41, 5.74) is 3.12. The number of benzene rings is 1. The van der Waals surface area contributed by atoms with E-state index in [1.807, 2.05) is 6.07 Å². The summed E-state index contributed by atoms with van der Waals surface area (Å²) in [4.78, 5) is 18.0. The van der Waals surface area contributed by atoms with Gasteiger partial charge in [-0.05, 0) is 42.5 Å². The maximum atomic E-state index is 13.4. The van der Waals surface area contributed by atoms with Crippen molar-refractivity contribution < 1.29 is 9.18 Å². The fourth-order valence-corrected chi connectivity index (χ4v) is 4.63. The summed E-state index contributed by atoms with van der Waals surface area (Å²) in [5.74, 6) is 1.09. The van der Waals surface area contributed by atoms with Crippen LogP contribution in [-0.2, 0) is 11.2 Å². The maximum absolute atomic E-state index is 13.4. The molecule has 0 radical (unpaired) electrons. The van der Waals surface area contributed by atoms with Gasteiger partial charge < -0.3 is 9.88 Å². The number of nitrogens with one attached hydrogen (secondary N) is 1. The fourth-order valence-electron chi connectivity index (χ4n) is 4.63. The molecule has 5 rings (SSSR count). The lowest BCUT2D eigenvalue weighted by Gasteiger charge is -2.30. The molecule has 4 heteroatoms. The third kappa shape index (κ3) is 1.22.